The van der Waals surface area contributed by atoms with Crippen LogP contribution in [0.2, 0.25) is 18.8 Å². The maximum Gasteiger partial charge on any atom is 0.147 e. The maximum atomic E-state index is 6.03. The summed E-state index contributed by atoms with van der Waals surface area (Å²) in [7, 11) is -1.65. The molecule has 0 bridgehead atoms. The lowest BCUT2D eigenvalue weighted by Gasteiger charge is -2.11. The van der Waals surface area contributed by atoms with Gasteiger partial charge in [-0.05, 0) is 0 Å². The Balaban J connectivity index is 3.28. The summed E-state index contributed by atoms with van der Waals surface area (Å²) in [4.78, 5) is 0. The molecule has 0 radical (unpaired) electrons. The first-order chi connectivity index (χ1) is 3.92. The van der Waals surface area contributed by atoms with Crippen LogP contribution >= 0.6 is 34.3 Å². The molecule has 0 aliphatic carbocycles. The van der Waals surface area contributed by atoms with Crippen molar-refractivity contribution in [1.29, 1.82) is 0 Å². The molecule has 56 valence electrons. The lowest BCUT2D eigenvalue weighted by atomic mass is 11.8. The Hall–Kier alpha value is 1.30. The van der Waals surface area contributed by atoms with Crippen LogP contribution in [0.1, 0.15) is 0 Å². The molecule has 0 unspecified atom stereocenters. The molecule has 0 N–H and O–H groups in total. The van der Waals surface area contributed by atoms with Crippen molar-refractivity contribution >= 4 is 51.2 Å². The predicted octanol–water partition coefficient (Wildman–Crippen LogP) is 2.32. The largest absolute Gasteiger partial charge is 0.168 e. The van der Waals surface area contributed by atoms with Crippen LogP contribution < -0.4 is 0 Å². The number of halogens is 3. The van der Waals surface area contributed by atoms with Crippen molar-refractivity contribution in [2.75, 3.05) is 0 Å². The highest BCUT2D eigenvalue weighted by atomic mass is 35.6. The van der Waals surface area contributed by atoms with Gasteiger partial charge in [-0.2, -0.15) is 11.1 Å². The Bertz CT molecular complexity index is 78.4. The lowest BCUT2D eigenvalue weighted by molar-refractivity contribution is 1.70. The van der Waals surface area contributed by atoms with Crippen LogP contribution in [0.25, 0.3) is 0 Å². The molecular weight excluding hydrogens is 211 g/mol. The predicted molar refractivity (Wildman–Crippen MR) is 52.2 cm³/mol. The van der Waals surface area contributed by atoms with Crippen LogP contribution in [0.4, 0.5) is 0 Å². The molecule has 0 saturated carbocycles. The summed E-state index contributed by atoms with van der Waals surface area (Å²) < 4.78 is -0.101. The Labute approximate surface area is 74.4 Å². The molecule has 0 fully saturated rings. The van der Waals surface area contributed by atoms with Crippen LogP contribution in [-0.4, -0.2) is 21.4 Å². The minimum absolute atomic E-state index is 0.101. The van der Waals surface area contributed by atoms with E-state index in [1.54, 1.807) is 0 Å². The monoisotopic (exact) mass is 220 g/mol. The zero-order valence-corrected chi connectivity index (χ0v) is 10.3. The molecule has 0 nitrogen and oxygen atoms in total. The summed E-state index contributed by atoms with van der Waals surface area (Å²) in [5.41, 5.74) is 1.13. The van der Waals surface area contributed by atoms with E-state index < -0.39 is 7.38 Å². The summed E-state index contributed by atoms with van der Waals surface area (Å²) in [6.45, 7) is 4.25. The van der Waals surface area contributed by atoms with Crippen molar-refractivity contribution in [3.63, 3.8) is 0 Å². The van der Waals surface area contributed by atoms with E-state index in [1.807, 2.05) is 0 Å². The molecule has 0 spiro atoms. The van der Waals surface area contributed by atoms with E-state index in [0.717, 1.165) is 5.67 Å². The average Bonchev–Trinajstić information content (AvgIpc) is 1.59. The fourth-order valence-electron chi connectivity index (χ4n) is 0.452. The average molecular weight is 222 g/mol. The number of rotatable bonds is 3. The van der Waals surface area contributed by atoms with Crippen LogP contribution in [0.5, 0.6) is 0 Å². The molecule has 0 atom stereocenters. The zero-order chi connectivity index (χ0) is 7.49. The summed E-state index contributed by atoms with van der Waals surface area (Å²) in [5, 5.41) is 0. The van der Waals surface area contributed by atoms with Gasteiger partial charge in [0.05, 0.1) is 14.0 Å². The second kappa shape index (κ2) is 4.24. The first-order valence-electron chi connectivity index (χ1n) is 2.89. The van der Waals surface area contributed by atoms with Gasteiger partial charge < -0.3 is 0 Å². The van der Waals surface area contributed by atoms with Gasteiger partial charge in [0, 0.05) is 0 Å². The van der Waals surface area contributed by atoms with Crippen molar-refractivity contribution < 1.29 is 0 Å². The number of hydrogen-bond donors (Lipinski definition) is 0. The van der Waals surface area contributed by atoms with Gasteiger partial charge in [-0.1, -0.05) is 18.8 Å². The first-order valence-corrected chi connectivity index (χ1v) is 9.80. The van der Waals surface area contributed by atoms with E-state index in [0.29, 0.717) is 0 Å². The zero-order valence-electron chi connectivity index (χ0n) is 5.63. The lowest BCUT2D eigenvalue weighted by Crippen LogP contribution is -2.21. The molecule has 0 aromatic carbocycles. The normalized spacial score (nSPS) is 14.0. The number of hydrogen-bond acceptors (Lipinski definition) is 0. The van der Waals surface area contributed by atoms with E-state index >= 15 is 0 Å². The van der Waals surface area contributed by atoms with Gasteiger partial charge in [0.25, 0.3) is 0 Å². The molecule has 0 aliphatic rings. The van der Waals surface area contributed by atoms with Gasteiger partial charge in [0.2, 0.25) is 0 Å². The van der Waals surface area contributed by atoms with Gasteiger partial charge >= 0.3 is 0 Å². The van der Waals surface area contributed by atoms with E-state index in [1.165, 1.54) is 0 Å². The minimum Gasteiger partial charge on any atom is -0.168 e. The van der Waals surface area contributed by atoms with Gasteiger partial charge in [0.1, 0.15) is 7.38 Å². The van der Waals surface area contributed by atoms with Crippen LogP contribution in [0, 0.1) is 0 Å². The fraction of sp³-hybridized carbons (Fsp3) is 1.00. The third-order valence-corrected chi connectivity index (χ3v) is 10.3. The summed E-state index contributed by atoms with van der Waals surface area (Å²) in [6.07, 6.45) is 0. The van der Waals surface area contributed by atoms with E-state index in [-0.39, 0.29) is 14.0 Å². The Morgan fingerprint density at radius 1 is 1.44 bits per heavy atom. The Kier molecular flexibility index (Phi) is 4.85. The fourth-order valence-corrected chi connectivity index (χ4v) is 7.02. The van der Waals surface area contributed by atoms with E-state index in [9.17, 15) is 0 Å². The van der Waals surface area contributed by atoms with Crippen molar-refractivity contribution in [3.8, 4) is 0 Å². The molecule has 0 rings (SSSR count). The second-order valence-corrected chi connectivity index (χ2v) is 14.9. The third-order valence-electron chi connectivity index (χ3n) is 0.957. The topological polar surface area (TPSA) is 0 Å². The second-order valence-electron chi connectivity index (χ2n) is 2.65. The van der Waals surface area contributed by atoms with Crippen molar-refractivity contribution in [2.24, 2.45) is 0 Å². The summed E-state index contributed by atoms with van der Waals surface area (Å²) in [6, 6.07) is 0. The van der Waals surface area contributed by atoms with Crippen molar-refractivity contribution in [3.05, 3.63) is 0 Å². The summed E-state index contributed by atoms with van der Waals surface area (Å²) in [5.74, 6) is 0. The first kappa shape index (κ1) is 10.3. The maximum absolute atomic E-state index is 6.03. The van der Waals surface area contributed by atoms with E-state index in [2.05, 4.69) is 13.1 Å². The van der Waals surface area contributed by atoms with Crippen LogP contribution in [0.15, 0.2) is 0 Å². The molecule has 0 heterocycles. The summed E-state index contributed by atoms with van der Waals surface area (Å²) >= 11 is 17.2. The highest BCUT2D eigenvalue weighted by molar-refractivity contribution is 7.21. The van der Waals surface area contributed by atoms with Crippen molar-refractivity contribution in [2.45, 2.75) is 23.2 Å². The van der Waals surface area contributed by atoms with Crippen molar-refractivity contribution in [1.82, 2.24) is 0 Å². The third kappa shape index (κ3) is 9.30. The molecule has 5 heteroatoms. The SMILES string of the molecule is C[Si](C)(Cl)C[SiH2]C(Cl)Cl. The standard InChI is InChI=1S/C4H11Cl3Si2/c1-9(2,7)3-8-4(5)6/h4H,3,8H2,1-2H3. The minimum atomic E-state index is -1.35. The molecule has 0 amide bonds. The molecule has 0 aliphatic heterocycles. The van der Waals surface area contributed by atoms with Gasteiger partial charge in [-0.25, -0.2) is 0 Å². The Morgan fingerprint density at radius 2 is 1.89 bits per heavy atom. The highest BCUT2D eigenvalue weighted by Gasteiger charge is 2.17. The molecule has 0 aromatic rings. The molecule has 0 aromatic heterocycles. The number of alkyl halides is 2. The molecule has 0 saturated heterocycles. The highest BCUT2D eigenvalue weighted by Crippen LogP contribution is 2.15. The quantitative estimate of drug-likeness (QED) is 0.390. The van der Waals surface area contributed by atoms with E-state index in [4.69, 9.17) is 34.3 Å². The van der Waals surface area contributed by atoms with Crippen LogP contribution in [-0.2, 0) is 0 Å². The van der Waals surface area contributed by atoms with Crippen LogP contribution in [0.3, 0.4) is 0 Å². The Morgan fingerprint density at radius 3 is 2.00 bits per heavy atom. The smallest absolute Gasteiger partial charge is 0.147 e. The van der Waals surface area contributed by atoms with Gasteiger partial charge in [0.15, 0.2) is 0 Å². The molecule has 9 heavy (non-hydrogen) atoms. The molecular formula is C4H11Cl3Si2. The van der Waals surface area contributed by atoms with Gasteiger partial charge in [-0.3, -0.25) is 0 Å². The van der Waals surface area contributed by atoms with Gasteiger partial charge in [-0.15, -0.1) is 23.2 Å².